The molecule has 116 valence electrons. The van der Waals surface area contributed by atoms with E-state index in [-0.39, 0.29) is 24.5 Å². The first kappa shape index (κ1) is 15.6. The lowest BCUT2D eigenvalue weighted by atomic mass is 9.92. The third-order valence-electron chi connectivity index (χ3n) is 3.99. The summed E-state index contributed by atoms with van der Waals surface area (Å²) >= 11 is 0. The molecular formula is C12H23N3O5. The Balaban J connectivity index is 1.82. The lowest BCUT2D eigenvalue weighted by Crippen LogP contribution is -2.57. The van der Waals surface area contributed by atoms with Crippen LogP contribution in [0.1, 0.15) is 13.3 Å². The molecule has 7 atom stereocenters. The van der Waals surface area contributed by atoms with Crippen LogP contribution >= 0.6 is 0 Å². The maximum Gasteiger partial charge on any atom is 0.237 e. The van der Waals surface area contributed by atoms with Crippen molar-refractivity contribution >= 4 is 5.91 Å². The van der Waals surface area contributed by atoms with Gasteiger partial charge in [-0.2, -0.15) is 0 Å². The van der Waals surface area contributed by atoms with Gasteiger partial charge in [0.15, 0.2) is 6.29 Å². The number of ether oxygens (including phenoxy) is 1. The minimum Gasteiger partial charge on any atom is -0.390 e. The van der Waals surface area contributed by atoms with Crippen LogP contribution in [0.2, 0.25) is 0 Å². The largest absolute Gasteiger partial charge is 0.390 e. The van der Waals surface area contributed by atoms with Crippen LogP contribution in [0.15, 0.2) is 0 Å². The molecule has 2 aliphatic heterocycles. The van der Waals surface area contributed by atoms with E-state index in [4.69, 9.17) is 10.5 Å². The quantitative estimate of drug-likeness (QED) is 0.323. The zero-order chi connectivity index (χ0) is 14.9. The molecule has 0 aromatic carbocycles. The maximum absolute atomic E-state index is 11.9. The van der Waals surface area contributed by atoms with Gasteiger partial charge in [0.05, 0.1) is 12.1 Å². The number of carbonyl (C=O) groups is 1. The Morgan fingerprint density at radius 1 is 1.40 bits per heavy atom. The topological polar surface area (TPSA) is 137 Å². The predicted octanol–water partition coefficient (Wildman–Crippen LogP) is -3.13. The third-order valence-corrected chi connectivity index (χ3v) is 3.99. The summed E-state index contributed by atoms with van der Waals surface area (Å²) < 4.78 is 5.20. The normalized spacial score (nSPS) is 45.4. The monoisotopic (exact) mass is 289 g/mol. The number of nitrogens with one attached hydrogen (secondary N) is 2. The average Bonchev–Trinajstić information content (AvgIpc) is 2.85. The first-order chi connectivity index (χ1) is 9.40. The van der Waals surface area contributed by atoms with Crippen LogP contribution in [0.3, 0.4) is 0 Å². The molecule has 0 aromatic rings. The van der Waals surface area contributed by atoms with Gasteiger partial charge in [0, 0.05) is 25.0 Å². The number of nitrogens with two attached hydrogens (primary N) is 1. The molecule has 20 heavy (non-hydrogen) atoms. The minimum atomic E-state index is -1.16. The number of hydrogen-bond donors (Lipinski definition) is 6. The maximum atomic E-state index is 11.9. The molecule has 2 aliphatic rings. The lowest BCUT2D eigenvalue weighted by molar-refractivity contribution is -0.258. The van der Waals surface area contributed by atoms with Crippen LogP contribution in [0.25, 0.3) is 0 Å². The molecule has 0 aromatic heterocycles. The molecule has 7 N–H and O–H groups in total. The van der Waals surface area contributed by atoms with Gasteiger partial charge in [-0.3, -0.25) is 4.79 Å². The number of carbonyl (C=O) groups excluding carboxylic acids is 1. The van der Waals surface area contributed by atoms with E-state index in [2.05, 4.69) is 10.6 Å². The van der Waals surface area contributed by atoms with Crippen molar-refractivity contribution in [1.82, 2.24) is 10.6 Å². The van der Waals surface area contributed by atoms with Crippen LogP contribution < -0.4 is 16.4 Å². The van der Waals surface area contributed by atoms with E-state index in [0.29, 0.717) is 13.0 Å². The summed E-state index contributed by atoms with van der Waals surface area (Å²) in [6.45, 7) is 2.20. The van der Waals surface area contributed by atoms with E-state index in [1.165, 1.54) is 0 Å². The summed E-state index contributed by atoms with van der Waals surface area (Å²) in [6.07, 6.45) is -3.67. The third kappa shape index (κ3) is 3.27. The van der Waals surface area contributed by atoms with Crippen molar-refractivity contribution in [2.24, 2.45) is 11.7 Å². The van der Waals surface area contributed by atoms with Crippen molar-refractivity contribution in [2.45, 2.75) is 50.0 Å². The highest BCUT2D eigenvalue weighted by molar-refractivity contribution is 5.82. The zero-order valence-electron chi connectivity index (χ0n) is 11.4. The van der Waals surface area contributed by atoms with Gasteiger partial charge >= 0.3 is 0 Å². The second kappa shape index (κ2) is 6.33. The van der Waals surface area contributed by atoms with E-state index in [0.717, 1.165) is 0 Å². The summed E-state index contributed by atoms with van der Waals surface area (Å²) in [5, 5.41) is 34.9. The van der Waals surface area contributed by atoms with Crippen molar-refractivity contribution in [3.63, 3.8) is 0 Å². The minimum absolute atomic E-state index is 0.0221. The van der Waals surface area contributed by atoms with Crippen molar-refractivity contribution in [1.29, 1.82) is 0 Å². The van der Waals surface area contributed by atoms with Crippen LogP contribution in [-0.2, 0) is 9.53 Å². The van der Waals surface area contributed by atoms with Gasteiger partial charge in [-0.25, -0.2) is 0 Å². The van der Waals surface area contributed by atoms with E-state index in [1.807, 2.05) is 0 Å². The van der Waals surface area contributed by atoms with Gasteiger partial charge in [0.2, 0.25) is 5.91 Å². The highest BCUT2D eigenvalue weighted by Crippen LogP contribution is 2.24. The fourth-order valence-corrected chi connectivity index (χ4v) is 2.54. The Labute approximate surface area is 117 Å². The number of amides is 1. The summed E-state index contributed by atoms with van der Waals surface area (Å²) in [6, 6.07) is -0.383. The van der Waals surface area contributed by atoms with E-state index >= 15 is 0 Å². The number of aliphatic hydroxyl groups is 3. The van der Waals surface area contributed by atoms with E-state index < -0.39 is 30.5 Å². The van der Waals surface area contributed by atoms with Crippen LogP contribution in [0.4, 0.5) is 0 Å². The van der Waals surface area contributed by atoms with Gasteiger partial charge < -0.3 is 36.4 Å². The van der Waals surface area contributed by atoms with Crippen LogP contribution in [0.5, 0.6) is 0 Å². The molecule has 0 spiro atoms. The molecule has 8 nitrogen and oxygen atoms in total. The molecule has 2 rings (SSSR count). The van der Waals surface area contributed by atoms with Crippen molar-refractivity contribution in [3.8, 4) is 0 Å². The molecule has 1 amide bonds. The molecule has 0 radical (unpaired) electrons. The molecule has 2 heterocycles. The standard InChI is InChI=1S/C12H23N3O5/c1-5-9(16)10(17)8(20-12(5)19)4-15-11(18)7-2-6(13)3-14-7/h5-10,12,14,16-17,19H,2-4,13H2,1H3,(H,15,18). The molecule has 0 aliphatic carbocycles. The van der Waals surface area contributed by atoms with Gasteiger partial charge in [0.1, 0.15) is 12.2 Å². The van der Waals surface area contributed by atoms with Gasteiger partial charge in [-0.05, 0) is 6.42 Å². The zero-order valence-corrected chi connectivity index (χ0v) is 11.4. The first-order valence-corrected chi connectivity index (χ1v) is 6.86. The molecule has 2 saturated heterocycles. The Hall–Kier alpha value is -0.770. The number of aliphatic hydroxyl groups excluding tert-OH is 3. The second-order valence-corrected chi connectivity index (χ2v) is 5.61. The molecule has 0 bridgehead atoms. The fourth-order valence-electron chi connectivity index (χ4n) is 2.54. The average molecular weight is 289 g/mol. The number of hydrogen-bond acceptors (Lipinski definition) is 7. The summed E-state index contributed by atoms with van der Waals surface area (Å²) in [5.41, 5.74) is 5.70. The Morgan fingerprint density at radius 3 is 2.70 bits per heavy atom. The molecule has 8 heteroatoms. The molecular weight excluding hydrogens is 266 g/mol. The van der Waals surface area contributed by atoms with Crippen molar-refractivity contribution in [3.05, 3.63) is 0 Å². The highest BCUT2D eigenvalue weighted by Gasteiger charge is 2.41. The molecule has 0 saturated carbocycles. The smallest absolute Gasteiger partial charge is 0.237 e. The molecule has 2 fully saturated rings. The summed E-state index contributed by atoms with van der Waals surface area (Å²) in [5.74, 6) is -0.803. The lowest BCUT2D eigenvalue weighted by Gasteiger charge is -2.39. The Kier molecular flexibility index (Phi) is 4.95. The van der Waals surface area contributed by atoms with Crippen LogP contribution in [0, 0.1) is 5.92 Å². The van der Waals surface area contributed by atoms with Gasteiger partial charge in [0.25, 0.3) is 0 Å². The van der Waals surface area contributed by atoms with Gasteiger partial charge in [-0.1, -0.05) is 6.92 Å². The Bertz CT molecular complexity index is 356. The number of rotatable bonds is 3. The SMILES string of the molecule is CC1C(O)OC(CNC(=O)C2CC(N)CN2)C(O)C1O. The van der Waals surface area contributed by atoms with Crippen molar-refractivity contribution in [2.75, 3.05) is 13.1 Å². The highest BCUT2D eigenvalue weighted by atomic mass is 16.6. The molecule has 7 unspecified atom stereocenters. The van der Waals surface area contributed by atoms with Crippen molar-refractivity contribution < 1.29 is 24.9 Å². The van der Waals surface area contributed by atoms with Crippen LogP contribution in [-0.4, -0.2) is 71.0 Å². The summed E-state index contributed by atoms with van der Waals surface area (Å²) in [7, 11) is 0. The predicted molar refractivity (Wildman–Crippen MR) is 69.5 cm³/mol. The van der Waals surface area contributed by atoms with Gasteiger partial charge in [-0.15, -0.1) is 0 Å². The Morgan fingerprint density at radius 2 is 2.10 bits per heavy atom. The second-order valence-electron chi connectivity index (χ2n) is 5.61. The van der Waals surface area contributed by atoms with E-state index in [1.54, 1.807) is 6.92 Å². The van der Waals surface area contributed by atoms with E-state index in [9.17, 15) is 20.1 Å². The first-order valence-electron chi connectivity index (χ1n) is 6.86. The summed E-state index contributed by atoms with van der Waals surface area (Å²) in [4.78, 5) is 11.9. The fraction of sp³-hybridized carbons (Fsp3) is 0.917.